The van der Waals surface area contributed by atoms with E-state index in [-0.39, 0.29) is 12.0 Å². The zero-order chi connectivity index (χ0) is 13.2. The van der Waals surface area contributed by atoms with Crippen molar-refractivity contribution in [3.63, 3.8) is 0 Å². The molecule has 0 atom stereocenters. The van der Waals surface area contributed by atoms with E-state index in [0.717, 1.165) is 36.6 Å². The molecule has 1 aromatic rings. The number of ether oxygens (including phenoxy) is 2. The minimum atomic E-state index is 0.113. The maximum atomic E-state index is 9.36. The lowest BCUT2D eigenvalue weighted by Gasteiger charge is -2.25. The van der Waals surface area contributed by atoms with Gasteiger partial charge in [-0.3, -0.25) is 0 Å². The van der Waals surface area contributed by atoms with Crippen LogP contribution in [0.15, 0.2) is 18.2 Å². The van der Waals surface area contributed by atoms with Gasteiger partial charge in [0.25, 0.3) is 0 Å². The van der Waals surface area contributed by atoms with Gasteiger partial charge in [0.1, 0.15) is 0 Å². The zero-order valence-electron chi connectivity index (χ0n) is 11.3. The third kappa shape index (κ3) is 2.53. The third-order valence-corrected chi connectivity index (χ3v) is 3.67. The first-order valence-electron chi connectivity index (χ1n) is 6.18. The van der Waals surface area contributed by atoms with Crippen LogP contribution < -0.4 is 14.4 Å². The number of hydrogen-bond donors (Lipinski definition) is 1. The van der Waals surface area contributed by atoms with Crippen LogP contribution in [0.3, 0.4) is 0 Å². The van der Waals surface area contributed by atoms with Crippen LogP contribution in [0.1, 0.15) is 12.8 Å². The molecule has 1 saturated carbocycles. The number of rotatable bonds is 6. The van der Waals surface area contributed by atoms with Gasteiger partial charge in [-0.2, -0.15) is 0 Å². The summed E-state index contributed by atoms with van der Waals surface area (Å²) >= 11 is 0. The average molecular weight is 251 g/mol. The normalized spacial score (nSPS) is 16.2. The minimum absolute atomic E-state index is 0.113. The van der Waals surface area contributed by atoms with Gasteiger partial charge in [0.05, 0.1) is 20.8 Å². The van der Waals surface area contributed by atoms with Gasteiger partial charge >= 0.3 is 0 Å². The Hall–Kier alpha value is -1.42. The van der Waals surface area contributed by atoms with E-state index in [1.54, 1.807) is 14.2 Å². The molecule has 1 fully saturated rings. The largest absolute Gasteiger partial charge is 0.493 e. The molecule has 4 nitrogen and oxygen atoms in total. The van der Waals surface area contributed by atoms with Crippen molar-refractivity contribution in [2.45, 2.75) is 12.8 Å². The van der Waals surface area contributed by atoms with Crippen LogP contribution in [0.4, 0.5) is 5.69 Å². The van der Waals surface area contributed by atoms with Crippen LogP contribution in [-0.4, -0.2) is 39.5 Å². The first-order chi connectivity index (χ1) is 8.64. The highest BCUT2D eigenvalue weighted by Crippen LogP contribution is 2.46. The van der Waals surface area contributed by atoms with Gasteiger partial charge in [-0.1, -0.05) is 0 Å². The number of methoxy groups -OCH3 is 2. The lowest BCUT2D eigenvalue weighted by molar-refractivity contribution is 0.215. The molecule has 1 aromatic carbocycles. The van der Waals surface area contributed by atoms with Gasteiger partial charge in [-0.05, 0) is 25.0 Å². The van der Waals surface area contributed by atoms with E-state index in [1.807, 2.05) is 25.2 Å². The van der Waals surface area contributed by atoms with Crippen molar-refractivity contribution in [1.29, 1.82) is 0 Å². The number of nitrogens with zero attached hydrogens (tertiary/aromatic N) is 1. The summed E-state index contributed by atoms with van der Waals surface area (Å²) in [4.78, 5) is 2.16. The van der Waals surface area contributed by atoms with Crippen molar-refractivity contribution in [2.75, 3.05) is 39.3 Å². The summed E-state index contributed by atoms with van der Waals surface area (Å²) in [5.74, 6) is 1.47. The zero-order valence-corrected chi connectivity index (χ0v) is 11.3. The maximum Gasteiger partial charge on any atom is 0.162 e. The fourth-order valence-electron chi connectivity index (χ4n) is 2.20. The number of anilines is 1. The van der Waals surface area contributed by atoms with E-state index in [9.17, 15) is 5.11 Å². The first kappa shape index (κ1) is 13.0. The topological polar surface area (TPSA) is 41.9 Å². The molecule has 0 unspecified atom stereocenters. The second-order valence-electron chi connectivity index (χ2n) is 5.05. The van der Waals surface area contributed by atoms with E-state index >= 15 is 0 Å². The molecule has 1 N–H and O–H groups in total. The highest BCUT2D eigenvalue weighted by Gasteiger charge is 2.42. The Labute approximate surface area is 108 Å². The highest BCUT2D eigenvalue weighted by atomic mass is 16.5. The third-order valence-electron chi connectivity index (χ3n) is 3.67. The highest BCUT2D eigenvalue weighted by molar-refractivity contribution is 5.56. The molecule has 0 aliphatic heterocycles. The van der Waals surface area contributed by atoms with Gasteiger partial charge in [0.15, 0.2) is 11.5 Å². The summed E-state index contributed by atoms with van der Waals surface area (Å²) in [7, 11) is 5.31. The van der Waals surface area contributed by atoms with Crippen molar-refractivity contribution >= 4 is 5.69 Å². The maximum absolute atomic E-state index is 9.36. The lowest BCUT2D eigenvalue weighted by atomic mass is 10.1. The molecule has 2 rings (SSSR count). The molecule has 18 heavy (non-hydrogen) atoms. The second-order valence-corrected chi connectivity index (χ2v) is 5.05. The number of hydrogen-bond acceptors (Lipinski definition) is 4. The number of benzene rings is 1. The van der Waals surface area contributed by atoms with E-state index in [4.69, 9.17) is 9.47 Å². The summed E-state index contributed by atoms with van der Waals surface area (Å²) in [6.07, 6.45) is 2.22. The van der Waals surface area contributed by atoms with Crippen LogP contribution in [0.5, 0.6) is 11.5 Å². The van der Waals surface area contributed by atoms with Gasteiger partial charge in [-0.15, -0.1) is 0 Å². The molecule has 0 aromatic heterocycles. The first-order valence-corrected chi connectivity index (χ1v) is 6.18. The van der Waals surface area contributed by atoms with Crippen molar-refractivity contribution in [3.8, 4) is 11.5 Å². The predicted octanol–water partition coefficient (Wildman–Crippen LogP) is 1.91. The van der Waals surface area contributed by atoms with Crippen molar-refractivity contribution in [2.24, 2.45) is 5.41 Å². The Kier molecular flexibility index (Phi) is 3.66. The number of aliphatic hydroxyl groups excluding tert-OH is 1. The van der Waals surface area contributed by atoms with Crippen molar-refractivity contribution < 1.29 is 14.6 Å². The molecule has 0 bridgehead atoms. The summed E-state index contributed by atoms with van der Waals surface area (Å²) in [5.41, 5.74) is 1.19. The predicted molar refractivity (Wildman–Crippen MR) is 71.6 cm³/mol. The molecule has 4 heteroatoms. The molecule has 0 saturated heterocycles. The smallest absolute Gasteiger partial charge is 0.162 e. The quantitative estimate of drug-likeness (QED) is 0.838. The molecule has 0 radical (unpaired) electrons. The van der Waals surface area contributed by atoms with Crippen LogP contribution >= 0.6 is 0 Å². The van der Waals surface area contributed by atoms with Gasteiger partial charge in [0, 0.05) is 30.8 Å². The standard InChI is InChI=1S/C14H21NO3/c1-15(9-14(10-16)6-7-14)11-4-5-12(17-2)13(8-11)18-3/h4-5,8,16H,6-7,9-10H2,1-3H3. The summed E-state index contributed by atoms with van der Waals surface area (Å²) in [6.45, 7) is 1.14. The fraction of sp³-hybridized carbons (Fsp3) is 0.571. The van der Waals surface area contributed by atoms with E-state index in [0.29, 0.717) is 0 Å². The van der Waals surface area contributed by atoms with Crippen molar-refractivity contribution in [1.82, 2.24) is 0 Å². The molecule has 0 amide bonds. The molecule has 1 aliphatic rings. The summed E-state index contributed by atoms with van der Waals surface area (Å²) in [6, 6.07) is 5.88. The van der Waals surface area contributed by atoms with Gasteiger partial charge in [-0.25, -0.2) is 0 Å². The SMILES string of the molecule is COc1ccc(N(C)CC2(CO)CC2)cc1OC. The van der Waals surface area contributed by atoms with E-state index in [2.05, 4.69) is 4.90 Å². The molecular formula is C14H21NO3. The summed E-state index contributed by atoms with van der Waals surface area (Å²) < 4.78 is 10.5. The van der Waals surface area contributed by atoms with Crippen molar-refractivity contribution in [3.05, 3.63) is 18.2 Å². The molecule has 100 valence electrons. The van der Waals surface area contributed by atoms with Crippen LogP contribution in [0.25, 0.3) is 0 Å². The van der Waals surface area contributed by atoms with Crippen LogP contribution in [-0.2, 0) is 0 Å². The monoisotopic (exact) mass is 251 g/mol. The Morgan fingerprint density at radius 1 is 1.22 bits per heavy atom. The van der Waals surface area contributed by atoms with E-state index < -0.39 is 0 Å². The minimum Gasteiger partial charge on any atom is -0.493 e. The van der Waals surface area contributed by atoms with Crippen LogP contribution in [0.2, 0.25) is 0 Å². The average Bonchev–Trinajstić information content (AvgIpc) is 3.18. The Morgan fingerprint density at radius 2 is 1.89 bits per heavy atom. The molecule has 0 spiro atoms. The Bertz CT molecular complexity index is 416. The molecule has 1 aliphatic carbocycles. The Morgan fingerprint density at radius 3 is 2.39 bits per heavy atom. The van der Waals surface area contributed by atoms with Gasteiger partial charge < -0.3 is 19.5 Å². The van der Waals surface area contributed by atoms with Crippen LogP contribution in [0, 0.1) is 5.41 Å². The fourth-order valence-corrected chi connectivity index (χ4v) is 2.20. The Balaban J connectivity index is 2.12. The molecular weight excluding hydrogens is 230 g/mol. The van der Waals surface area contributed by atoms with Gasteiger partial charge in [0.2, 0.25) is 0 Å². The van der Waals surface area contributed by atoms with E-state index in [1.165, 1.54) is 0 Å². The number of aliphatic hydroxyl groups is 1. The lowest BCUT2D eigenvalue weighted by Crippen LogP contribution is -2.28. The summed E-state index contributed by atoms with van der Waals surface area (Å²) in [5, 5.41) is 9.36. The second kappa shape index (κ2) is 5.06. The molecule has 0 heterocycles.